The number of aromatic hydroxyl groups is 1. The van der Waals surface area contributed by atoms with Gasteiger partial charge < -0.3 is 9.52 Å². The van der Waals surface area contributed by atoms with Gasteiger partial charge in [0.25, 0.3) is 0 Å². The van der Waals surface area contributed by atoms with Crippen LogP contribution < -0.4 is 0 Å². The molecular weight excluding hydrogens is 381 g/mol. The van der Waals surface area contributed by atoms with Crippen molar-refractivity contribution in [2.75, 3.05) is 0 Å². The average Bonchev–Trinajstić information content (AvgIpc) is 3.38. The van der Waals surface area contributed by atoms with E-state index in [0.717, 1.165) is 5.56 Å². The summed E-state index contributed by atoms with van der Waals surface area (Å²) in [5.74, 6) is 0.389. The highest BCUT2D eigenvalue weighted by Crippen LogP contribution is 2.28. The maximum atomic E-state index is 13.8. The van der Waals surface area contributed by atoms with E-state index in [1.165, 1.54) is 12.1 Å². The van der Waals surface area contributed by atoms with Crippen molar-refractivity contribution in [3.05, 3.63) is 108 Å². The van der Waals surface area contributed by atoms with Gasteiger partial charge in [-0.25, -0.2) is 14.4 Å². The van der Waals surface area contributed by atoms with Gasteiger partial charge >= 0.3 is 0 Å². The Balaban J connectivity index is 1.67. The molecule has 6 heteroatoms. The molecule has 0 aliphatic rings. The zero-order chi connectivity index (χ0) is 20.5. The first-order valence-electron chi connectivity index (χ1n) is 9.59. The lowest BCUT2D eigenvalue weighted by atomic mass is 10.1. The molecule has 30 heavy (non-hydrogen) atoms. The molecule has 0 saturated heterocycles. The number of fused-ring (bicyclic) bond motifs is 1. The summed E-state index contributed by atoms with van der Waals surface area (Å²) >= 11 is 0. The molecule has 2 aromatic carbocycles. The molecule has 0 atom stereocenters. The minimum Gasteiger partial charge on any atom is -0.493 e. The first-order valence-corrected chi connectivity index (χ1v) is 9.59. The van der Waals surface area contributed by atoms with Crippen LogP contribution in [0.2, 0.25) is 0 Å². The standard InChI is InChI=1S/C24H18FN3O2/c25-18-9-4-8-17(13-18)22-15-28-23(20(26-22)12-16-6-2-1-3-7-16)27-21(24(28)29)14-19-10-5-11-30-19/h1-11,13,15,29H,12,14H2. The summed E-state index contributed by atoms with van der Waals surface area (Å²) in [5.41, 5.74) is 4.02. The largest absolute Gasteiger partial charge is 0.493 e. The van der Waals surface area contributed by atoms with E-state index < -0.39 is 0 Å². The van der Waals surface area contributed by atoms with Gasteiger partial charge in [0.05, 0.1) is 24.1 Å². The lowest BCUT2D eigenvalue weighted by Crippen LogP contribution is -2.01. The van der Waals surface area contributed by atoms with Crippen molar-refractivity contribution in [2.45, 2.75) is 12.8 Å². The van der Waals surface area contributed by atoms with Crippen LogP contribution in [0.15, 0.2) is 83.6 Å². The van der Waals surface area contributed by atoms with E-state index in [2.05, 4.69) is 4.98 Å². The van der Waals surface area contributed by atoms with Crippen molar-refractivity contribution in [1.82, 2.24) is 14.4 Å². The quantitative estimate of drug-likeness (QED) is 0.451. The zero-order valence-electron chi connectivity index (χ0n) is 16.0. The van der Waals surface area contributed by atoms with Gasteiger partial charge in [-0.1, -0.05) is 42.5 Å². The summed E-state index contributed by atoms with van der Waals surface area (Å²) in [6.07, 6.45) is 4.17. The molecule has 0 amide bonds. The van der Waals surface area contributed by atoms with Gasteiger partial charge in [-0.3, -0.25) is 4.40 Å². The van der Waals surface area contributed by atoms with Gasteiger partial charge in [0, 0.05) is 18.2 Å². The van der Waals surface area contributed by atoms with Crippen LogP contribution in [0.25, 0.3) is 16.9 Å². The molecule has 0 spiro atoms. The Morgan fingerprint density at radius 3 is 2.53 bits per heavy atom. The van der Waals surface area contributed by atoms with Crippen molar-refractivity contribution in [3.8, 4) is 17.1 Å². The number of hydrogen-bond acceptors (Lipinski definition) is 4. The van der Waals surface area contributed by atoms with Crippen molar-refractivity contribution in [2.24, 2.45) is 0 Å². The topological polar surface area (TPSA) is 63.6 Å². The number of aromatic nitrogens is 3. The van der Waals surface area contributed by atoms with E-state index in [-0.39, 0.29) is 11.7 Å². The monoisotopic (exact) mass is 399 g/mol. The zero-order valence-corrected chi connectivity index (χ0v) is 16.0. The second kappa shape index (κ2) is 7.48. The highest BCUT2D eigenvalue weighted by molar-refractivity contribution is 5.63. The predicted octanol–water partition coefficient (Wildman–Crippen LogP) is 5.02. The van der Waals surface area contributed by atoms with Gasteiger partial charge in [0.2, 0.25) is 5.88 Å². The molecular formula is C24H18FN3O2. The van der Waals surface area contributed by atoms with Gasteiger partial charge in [-0.2, -0.15) is 0 Å². The molecule has 5 aromatic rings. The van der Waals surface area contributed by atoms with Gasteiger partial charge in [-0.05, 0) is 29.8 Å². The lowest BCUT2D eigenvalue weighted by Gasteiger charge is -2.08. The summed E-state index contributed by atoms with van der Waals surface area (Å²) in [6.45, 7) is 0. The van der Waals surface area contributed by atoms with Gasteiger partial charge in [0.15, 0.2) is 5.65 Å². The minimum atomic E-state index is -0.340. The van der Waals surface area contributed by atoms with E-state index in [4.69, 9.17) is 9.40 Å². The molecule has 0 radical (unpaired) electrons. The maximum Gasteiger partial charge on any atom is 0.219 e. The summed E-state index contributed by atoms with van der Waals surface area (Å²) in [4.78, 5) is 9.43. The Morgan fingerprint density at radius 2 is 1.77 bits per heavy atom. The highest BCUT2D eigenvalue weighted by atomic mass is 19.1. The fourth-order valence-corrected chi connectivity index (χ4v) is 3.53. The Kier molecular flexibility index (Phi) is 4.52. The predicted molar refractivity (Wildman–Crippen MR) is 111 cm³/mol. The molecule has 0 saturated carbocycles. The number of nitrogens with zero attached hydrogens (tertiary/aromatic N) is 3. The van der Waals surface area contributed by atoms with Crippen molar-refractivity contribution >= 4 is 5.65 Å². The second-order valence-corrected chi connectivity index (χ2v) is 7.08. The normalized spacial score (nSPS) is 11.2. The van der Waals surface area contributed by atoms with Crippen LogP contribution in [0.3, 0.4) is 0 Å². The third-order valence-corrected chi connectivity index (χ3v) is 4.98. The number of imidazole rings is 1. The number of rotatable bonds is 5. The SMILES string of the molecule is Oc1c(Cc2ccco2)nc2c(Cc3ccccc3)nc(-c3cccc(F)c3)cn12. The average molecular weight is 399 g/mol. The van der Waals surface area contributed by atoms with Crippen LogP contribution in [0.1, 0.15) is 22.7 Å². The molecule has 0 fully saturated rings. The van der Waals surface area contributed by atoms with E-state index in [1.54, 1.807) is 35.1 Å². The van der Waals surface area contributed by atoms with Crippen LogP contribution in [-0.4, -0.2) is 19.5 Å². The molecule has 3 aromatic heterocycles. The molecule has 1 N–H and O–H groups in total. The third-order valence-electron chi connectivity index (χ3n) is 4.98. The lowest BCUT2D eigenvalue weighted by molar-refractivity contribution is 0.438. The summed E-state index contributed by atoms with van der Waals surface area (Å²) in [6, 6.07) is 19.8. The third kappa shape index (κ3) is 3.43. The Bertz CT molecular complexity index is 1310. The van der Waals surface area contributed by atoms with Crippen LogP contribution >= 0.6 is 0 Å². The Labute approximate surface area is 172 Å². The van der Waals surface area contributed by atoms with Crippen molar-refractivity contribution < 1.29 is 13.9 Å². The number of benzene rings is 2. The summed E-state index contributed by atoms with van der Waals surface area (Å²) in [7, 11) is 0. The fourth-order valence-electron chi connectivity index (χ4n) is 3.53. The Morgan fingerprint density at radius 1 is 0.900 bits per heavy atom. The van der Waals surface area contributed by atoms with E-state index >= 15 is 0 Å². The number of hydrogen-bond donors (Lipinski definition) is 1. The maximum absolute atomic E-state index is 13.8. The summed E-state index contributed by atoms with van der Waals surface area (Å²) < 4.78 is 20.8. The van der Waals surface area contributed by atoms with E-state index in [9.17, 15) is 9.50 Å². The van der Waals surface area contributed by atoms with Crippen LogP contribution in [-0.2, 0) is 12.8 Å². The molecule has 5 rings (SSSR count). The molecule has 148 valence electrons. The van der Waals surface area contributed by atoms with Crippen LogP contribution in [0.4, 0.5) is 4.39 Å². The summed E-state index contributed by atoms with van der Waals surface area (Å²) in [5, 5.41) is 10.9. The van der Waals surface area contributed by atoms with Gasteiger partial charge in [0.1, 0.15) is 17.3 Å². The Hall–Kier alpha value is -3.93. The first-order chi connectivity index (χ1) is 14.7. The number of halogens is 1. The molecule has 0 aliphatic carbocycles. The molecule has 3 heterocycles. The highest BCUT2D eigenvalue weighted by Gasteiger charge is 2.18. The van der Waals surface area contributed by atoms with Crippen LogP contribution in [0.5, 0.6) is 5.88 Å². The first kappa shape index (κ1) is 18.1. The second-order valence-electron chi connectivity index (χ2n) is 7.08. The van der Waals surface area contributed by atoms with Crippen molar-refractivity contribution in [3.63, 3.8) is 0 Å². The molecule has 0 aliphatic heterocycles. The number of furan rings is 1. The molecule has 0 unspecified atom stereocenters. The van der Waals surface area contributed by atoms with Crippen LogP contribution in [0, 0.1) is 5.82 Å². The molecule has 5 nitrogen and oxygen atoms in total. The van der Waals surface area contributed by atoms with Crippen molar-refractivity contribution in [1.29, 1.82) is 0 Å². The minimum absolute atomic E-state index is 0.0239. The fraction of sp³-hybridized carbons (Fsp3) is 0.0833. The molecule has 0 bridgehead atoms. The van der Waals surface area contributed by atoms with E-state index in [1.807, 2.05) is 36.4 Å². The van der Waals surface area contributed by atoms with Gasteiger partial charge in [-0.15, -0.1) is 0 Å². The van der Waals surface area contributed by atoms with E-state index in [0.29, 0.717) is 46.9 Å². The smallest absolute Gasteiger partial charge is 0.219 e.